The van der Waals surface area contributed by atoms with Crippen LogP contribution in [-0.2, 0) is 6.54 Å². The number of fused-ring (bicyclic) bond motifs is 1. The van der Waals surface area contributed by atoms with Crippen LogP contribution < -0.4 is 5.56 Å². The first-order valence-electron chi connectivity index (χ1n) is 5.32. The molecule has 0 fully saturated rings. The monoisotopic (exact) mass is 265 g/mol. The molecule has 0 spiro atoms. The lowest BCUT2D eigenvalue weighted by atomic mass is 10.1. The molecular formula is C13H9F2NO3. The topological polar surface area (TPSA) is 59.3 Å². The number of nitrogens with zero attached hydrogens (tertiary/aromatic N) is 1. The van der Waals surface area contributed by atoms with Crippen LogP contribution in [0.2, 0.25) is 0 Å². The van der Waals surface area contributed by atoms with Gasteiger partial charge in [-0.05, 0) is 23.6 Å². The molecule has 0 aliphatic heterocycles. The van der Waals surface area contributed by atoms with Gasteiger partial charge in [-0.2, -0.15) is 0 Å². The SMILES string of the molecule is C=CCn1c(C(=O)O)cc2cc(F)c(F)cc2c1=O. The van der Waals surface area contributed by atoms with Gasteiger partial charge in [-0.1, -0.05) is 6.08 Å². The van der Waals surface area contributed by atoms with Crippen molar-refractivity contribution in [3.8, 4) is 0 Å². The number of carboxylic acid groups (broad SMARTS) is 1. The Morgan fingerprint density at radius 2 is 1.95 bits per heavy atom. The van der Waals surface area contributed by atoms with E-state index in [1.54, 1.807) is 0 Å². The number of carbonyl (C=O) groups is 1. The van der Waals surface area contributed by atoms with Gasteiger partial charge in [0, 0.05) is 6.54 Å². The van der Waals surface area contributed by atoms with Crippen molar-refractivity contribution in [3.63, 3.8) is 0 Å². The number of pyridine rings is 1. The minimum Gasteiger partial charge on any atom is -0.477 e. The zero-order chi connectivity index (χ0) is 14.2. The van der Waals surface area contributed by atoms with E-state index in [4.69, 9.17) is 5.11 Å². The third-order valence-corrected chi connectivity index (χ3v) is 2.68. The van der Waals surface area contributed by atoms with E-state index in [1.807, 2.05) is 0 Å². The number of benzene rings is 1. The Balaban J connectivity index is 2.93. The fourth-order valence-electron chi connectivity index (χ4n) is 1.83. The van der Waals surface area contributed by atoms with Crippen molar-refractivity contribution in [2.45, 2.75) is 6.54 Å². The first-order valence-corrected chi connectivity index (χ1v) is 5.32. The van der Waals surface area contributed by atoms with E-state index in [0.717, 1.165) is 22.8 Å². The number of aromatic carboxylic acids is 1. The molecule has 0 aliphatic rings. The van der Waals surface area contributed by atoms with Gasteiger partial charge >= 0.3 is 5.97 Å². The van der Waals surface area contributed by atoms with E-state index in [-0.39, 0.29) is 23.0 Å². The van der Waals surface area contributed by atoms with Gasteiger partial charge in [0.05, 0.1) is 5.39 Å². The first-order chi connectivity index (χ1) is 8.95. The Labute approximate surface area is 106 Å². The zero-order valence-corrected chi connectivity index (χ0v) is 9.69. The number of rotatable bonds is 3. The Morgan fingerprint density at radius 1 is 1.32 bits per heavy atom. The Bertz CT molecular complexity index is 750. The second-order valence-corrected chi connectivity index (χ2v) is 3.89. The fraction of sp³-hybridized carbons (Fsp3) is 0.0769. The van der Waals surface area contributed by atoms with Crippen LogP contribution in [0.4, 0.5) is 8.78 Å². The van der Waals surface area contributed by atoms with Crippen molar-refractivity contribution in [1.29, 1.82) is 0 Å². The van der Waals surface area contributed by atoms with Crippen LogP contribution in [0.5, 0.6) is 0 Å². The van der Waals surface area contributed by atoms with Gasteiger partial charge in [0.15, 0.2) is 11.6 Å². The van der Waals surface area contributed by atoms with Gasteiger partial charge in [0.2, 0.25) is 0 Å². The highest BCUT2D eigenvalue weighted by atomic mass is 19.2. The molecule has 0 radical (unpaired) electrons. The highest BCUT2D eigenvalue weighted by molar-refractivity contribution is 5.92. The quantitative estimate of drug-likeness (QED) is 0.865. The summed E-state index contributed by atoms with van der Waals surface area (Å²) in [6.45, 7) is 3.39. The summed E-state index contributed by atoms with van der Waals surface area (Å²) in [5.41, 5.74) is -1.00. The molecule has 0 bridgehead atoms. The molecule has 6 heteroatoms. The maximum atomic E-state index is 13.1. The summed E-state index contributed by atoms with van der Waals surface area (Å²) >= 11 is 0. The Hall–Kier alpha value is -2.50. The molecule has 98 valence electrons. The van der Waals surface area contributed by atoms with E-state index >= 15 is 0 Å². The minimum absolute atomic E-state index is 0.0323. The van der Waals surface area contributed by atoms with E-state index < -0.39 is 23.2 Å². The molecule has 0 unspecified atom stereocenters. The number of carboxylic acids is 1. The van der Waals surface area contributed by atoms with Gasteiger partial charge in [0.25, 0.3) is 5.56 Å². The van der Waals surface area contributed by atoms with Crippen molar-refractivity contribution in [3.05, 3.63) is 58.5 Å². The van der Waals surface area contributed by atoms with Crippen molar-refractivity contribution >= 4 is 16.7 Å². The highest BCUT2D eigenvalue weighted by Crippen LogP contribution is 2.17. The van der Waals surface area contributed by atoms with Crippen LogP contribution in [0.15, 0.2) is 35.6 Å². The summed E-state index contributed by atoms with van der Waals surface area (Å²) < 4.78 is 27.2. The maximum absolute atomic E-state index is 13.1. The maximum Gasteiger partial charge on any atom is 0.352 e. The van der Waals surface area contributed by atoms with Gasteiger partial charge in [-0.15, -0.1) is 6.58 Å². The van der Waals surface area contributed by atoms with Crippen LogP contribution in [-0.4, -0.2) is 15.6 Å². The Kier molecular flexibility index (Phi) is 3.16. The lowest BCUT2D eigenvalue weighted by Gasteiger charge is -2.09. The highest BCUT2D eigenvalue weighted by Gasteiger charge is 2.15. The summed E-state index contributed by atoms with van der Waals surface area (Å²) in [5, 5.41) is 9.00. The summed E-state index contributed by atoms with van der Waals surface area (Å²) in [6.07, 6.45) is 1.35. The molecule has 2 aromatic rings. The van der Waals surface area contributed by atoms with Crippen LogP contribution in [0.3, 0.4) is 0 Å². The summed E-state index contributed by atoms with van der Waals surface area (Å²) in [5.74, 6) is -3.62. The minimum atomic E-state index is -1.33. The number of halogens is 2. The molecule has 0 aliphatic carbocycles. The van der Waals surface area contributed by atoms with Crippen molar-refractivity contribution in [2.75, 3.05) is 0 Å². The van der Waals surface area contributed by atoms with Gasteiger partial charge in [-0.25, -0.2) is 13.6 Å². The lowest BCUT2D eigenvalue weighted by Crippen LogP contribution is -2.25. The van der Waals surface area contributed by atoms with Crippen LogP contribution in [0.25, 0.3) is 10.8 Å². The molecular weight excluding hydrogens is 256 g/mol. The molecule has 0 saturated carbocycles. The van der Waals surface area contributed by atoms with Crippen LogP contribution >= 0.6 is 0 Å². The third kappa shape index (κ3) is 2.12. The van der Waals surface area contributed by atoms with E-state index in [1.165, 1.54) is 6.08 Å². The second-order valence-electron chi connectivity index (χ2n) is 3.89. The molecule has 19 heavy (non-hydrogen) atoms. The predicted octanol–water partition coefficient (Wildman–Crippen LogP) is 2.16. The smallest absolute Gasteiger partial charge is 0.352 e. The summed E-state index contributed by atoms with van der Waals surface area (Å²) in [4.78, 5) is 23.2. The normalized spacial score (nSPS) is 10.6. The second kappa shape index (κ2) is 4.64. The fourth-order valence-corrected chi connectivity index (χ4v) is 1.83. The number of aromatic nitrogens is 1. The molecule has 0 saturated heterocycles. The first kappa shape index (κ1) is 12.9. The van der Waals surface area contributed by atoms with Crippen LogP contribution in [0, 0.1) is 11.6 Å². The molecule has 1 aromatic heterocycles. The van der Waals surface area contributed by atoms with Gasteiger partial charge < -0.3 is 5.11 Å². The summed E-state index contributed by atoms with van der Waals surface area (Å²) in [7, 11) is 0. The van der Waals surface area contributed by atoms with Gasteiger partial charge in [-0.3, -0.25) is 9.36 Å². The number of hydrogen-bond donors (Lipinski definition) is 1. The molecule has 2 rings (SSSR count). The van der Waals surface area contributed by atoms with Crippen LogP contribution in [0.1, 0.15) is 10.5 Å². The molecule has 1 N–H and O–H groups in total. The molecule has 1 heterocycles. The largest absolute Gasteiger partial charge is 0.477 e. The third-order valence-electron chi connectivity index (χ3n) is 2.68. The number of hydrogen-bond acceptors (Lipinski definition) is 2. The van der Waals surface area contributed by atoms with Gasteiger partial charge in [0.1, 0.15) is 5.69 Å². The van der Waals surface area contributed by atoms with E-state index in [2.05, 4.69) is 6.58 Å². The number of allylic oxidation sites excluding steroid dienone is 1. The van der Waals surface area contributed by atoms with E-state index in [0.29, 0.717) is 0 Å². The standard InChI is InChI=1S/C13H9F2NO3/c1-2-3-16-11(13(18)19)5-7-4-9(14)10(15)6-8(7)12(16)17/h2,4-6H,1,3H2,(H,18,19). The van der Waals surface area contributed by atoms with E-state index in [9.17, 15) is 18.4 Å². The molecule has 4 nitrogen and oxygen atoms in total. The average molecular weight is 265 g/mol. The van der Waals surface area contributed by atoms with Crippen molar-refractivity contribution in [2.24, 2.45) is 0 Å². The predicted molar refractivity (Wildman–Crippen MR) is 65.3 cm³/mol. The average Bonchev–Trinajstić information content (AvgIpc) is 2.35. The van der Waals surface area contributed by atoms with Crippen molar-refractivity contribution in [1.82, 2.24) is 4.57 Å². The zero-order valence-electron chi connectivity index (χ0n) is 9.69. The Morgan fingerprint density at radius 3 is 2.53 bits per heavy atom. The molecule has 0 amide bonds. The lowest BCUT2D eigenvalue weighted by molar-refractivity contribution is 0.0684. The molecule has 1 aromatic carbocycles. The molecule has 0 atom stereocenters. The summed E-state index contributed by atoms with van der Waals surface area (Å²) in [6, 6.07) is 2.69. The van der Waals surface area contributed by atoms with Crippen molar-refractivity contribution < 1.29 is 18.7 Å².